The minimum atomic E-state index is -4.91. The third-order valence-corrected chi connectivity index (χ3v) is 1.68. The number of amides is 1. The van der Waals surface area contributed by atoms with Crippen LogP contribution in [-0.4, -0.2) is 44.3 Å². The van der Waals surface area contributed by atoms with Crippen LogP contribution in [0.5, 0.6) is 0 Å². The number of hydrogen-bond acceptors (Lipinski definition) is 4. The van der Waals surface area contributed by atoms with E-state index in [0.29, 0.717) is 0 Å². The van der Waals surface area contributed by atoms with Gasteiger partial charge in [0.2, 0.25) is 0 Å². The van der Waals surface area contributed by atoms with Crippen molar-refractivity contribution in [3.63, 3.8) is 0 Å². The highest BCUT2D eigenvalue weighted by Gasteiger charge is 2.38. The molecule has 0 bridgehead atoms. The fourth-order valence-corrected chi connectivity index (χ4v) is 0.659. The van der Waals surface area contributed by atoms with Gasteiger partial charge in [0, 0.05) is 0 Å². The standard InChI is InChI=1S/C8H13F3N2O3/c1-5(12-2)6(14)16-4-3-13-7(15)8(9,10)11/h5,12H,3-4H2,1-2H3,(H,13,15)/t5-/m0/s1. The number of hydrogen-bond donors (Lipinski definition) is 2. The van der Waals surface area contributed by atoms with Crippen molar-refractivity contribution in [2.24, 2.45) is 0 Å². The molecular formula is C8H13F3N2O3. The Hall–Kier alpha value is -1.31. The van der Waals surface area contributed by atoms with Crippen LogP contribution in [0.1, 0.15) is 6.92 Å². The van der Waals surface area contributed by atoms with Crippen molar-refractivity contribution in [3.8, 4) is 0 Å². The Morgan fingerprint density at radius 1 is 1.38 bits per heavy atom. The van der Waals surface area contributed by atoms with Crippen molar-refractivity contribution in [1.82, 2.24) is 10.6 Å². The van der Waals surface area contributed by atoms with Gasteiger partial charge in [-0.25, -0.2) is 0 Å². The SMILES string of the molecule is CN[C@@H](C)C(=O)OCCNC(=O)C(F)(F)F. The summed E-state index contributed by atoms with van der Waals surface area (Å²) in [6.07, 6.45) is -4.91. The second-order valence-electron chi connectivity index (χ2n) is 2.93. The molecule has 0 rings (SSSR count). The normalized spacial score (nSPS) is 13.1. The fourth-order valence-electron chi connectivity index (χ4n) is 0.659. The summed E-state index contributed by atoms with van der Waals surface area (Å²) in [7, 11) is 1.54. The van der Waals surface area contributed by atoms with Gasteiger partial charge in [-0.05, 0) is 14.0 Å². The maximum atomic E-state index is 11.7. The van der Waals surface area contributed by atoms with Gasteiger partial charge in [-0.15, -0.1) is 0 Å². The van der Waals surface area contributed by atoms with Crippen molar-refractivity contribution < 1.29 is 27.5 Å². The lowest BCUT2D eigenvalue weighted by molar-refractivity contribution is -0.173. The Bertz CT molecular complexity index is 255. The Balaban J connectivity index is 3.70. The van der Waals surface area contributed by atoms with Crippen molar-refractivity contribution in [1.29, 1.82) is 0 Å². The lowest BCUT2D eigenvalue weighted by atomic mass is 10.3. The van der Waals surface area contributed by atoms with Crippen molar-refractivity contribution in [2.45, 2.75) is 19.1 Å². The number of likely N-dealkylation sites (N-methyl/N-ethyl adjacent to an activating group) is 1. The van der Waals surface area contributed by atoms with Gasteiger partial charge in [0.05, 0.1) is 6.54 Å². The summed E-state index contributed by atoms with van der Waals surface area (Å²) >= 11 is 0. The Morgan fingerprint density at radius 2 is 1.94 bits per heavy atom. The van der Waals surface area contributed by atoms with Gasteiger partial charge in [-0.3, -0.25) is 9.59 Å². The molecule has 8 heteroatoms. The highest BCUT2D eigenvalue weighted by atomic mass is 19.4. The summed E-state index contributed by atoms with van der Waals surface area (Å²) in [5, 5.41) is 4.17. The van der Waals surface area contributed by atoms with Gasteiger partial charge in [0.25, 0.3) is 0 Å². The molecule has 2 N–H and O–H groups in total. The van der Waals surface area contributed by atoms with E-state index in [1.165, 1.54) is 14.0 Å². The smallest absolute Gasteiger partial charge is 0.463 e. The molecule has 0 saturated heterocycles. The fraction of sp³-hybridized carbons (Fsp3) is 0.750. The summed E-state index contributed by atoms with van der Waals surface area (Å²) in [5.74, 6) is -2.64. The van der Waals surface area contributed by atoms with Crippen LogP contribution < -0.4 is 10.6 Å². The lowest BCUT2D eigenvalue weighted by Crippen LogP contribution is -2.39. The van der Waals surface area contributed by atoms with Crippen LogP contribution in [0.2, 0.25) is 0 Å². The molecule has 1 atom stereocenters. The molecule has 0 radical (unpaired) electrons. The monoisotopic (exact) mass is 242 g/mol. The Morgan fingerprint density at radius 3 is 2.38 bits per heavy atom. The molecule has 94 valence electrons. The summed E-state index contributed by atoms with van der Waals surface area (Å²) < 4.78 is 39.6. The first-order valence-corrected chi connectivity index (χ1v) is 4.48. The first-order valence-electron chi connectivity index (χ1n) is 4.48. The van der Waals surface area contributed by atoms with Crippen molar-refractivity contribution in [3.05, 3.63) is 0 Å². The van der Waals surface area contributed by atoms with Gasteiger partial charge in [0.15, 0.2) is 0 Å². The van der Waals surface area contributed by atoms with Crippen LogP contribution in [0.25, 0.3) is 0 Å². The number of carbonyl (C=O) groups is 2. The summed E-state index contributed by atoms with van der Waals surface area (Å²) in [4.78, 5) is 21.3. The van der Waals surface area contributed by atoms with E-state index in [1.54, 1.807) is 5.32 Å². The highest BCUT2D eigenvalue weighted by Crippen LogP contribution is 2.13. The van der Waals surface area contributed by atoms with E-state index in [0.717, 1.165) is 0 Å². The molecule has 0 unspecified atom stereocenters. The zero-order valence-corrected chi connectivity index (χ0v) is 8.85. The van der Waals surface area contributed by atoms with E-state index >= 15 is 0 Å². The summed E-state index contributed by atoms with van der Waals surface area (Å²) in [6.45, 7) is 0.865. The molecule has 0 aromatic heterocycles. The number of nitrogens with one attached hydrogen (secondary N) is 2. The number of alkyl halides is 3. The maximum absolute atomic E-state index is 11.7. The van der Waals surface area contributed by atoms with Crippen LogP contribution in [-0.2, 0) is 14.3 Å². The van der Waals surface area contributed by atoms with Crippen LogP contribution in [0.15, 0.2) is 0 Å². The first kappa shape index (κ1) is 14.7. The molecule has 0 aromatic rings. The summed E-state index contributed by atoms with van der Waals surface area (Å²) in [6, 6.07) is -0.543. The molecule has 0 aromatic carbocycles. The molecule has 5 nitrogen and oxygen atoms in total. The molecule has 0 spiro atoms. The van der Waals surface area contributed by atoms with E-state index < -0.39 is 24.1 Å². The number of halogens is 3. The van der Waals surface area contributed by atoms with Crippen molar-refractivity contribution in [2.75, 3.05) is 20.2 Å². The van der Waals surface area contributed by atoms with Gasteiger partial charge in [0.1, 0.15) is 12.6 Å². The van der Waals surface area contributed by atoms with Crippen LogP contribution in [0, 0.1) is 0 Å². The molecule has 0 heterocycles. The zero-order chi connectivity index (χ0) is 12.8. The number of carbonyl (C=O) groups excluding carboxylic acids is 2. The number of ether oxygens (including phenoxy) is 1. The van der Waals surface area contributed by atoms with Gasteiger partial charge in [-0.2, -0.15) is 13.2 Å². The molecule has 0 saturated carbocycles. The predicted octanol–water partition coefficient (Wildman–Crippen LogP) is -0.184. The van der Waals surface area contributed by atoms with Crippen LogP contribution >= 0.6 is 0 Å². The average molecular weight is 242 g/mol. The molecule has 16 heavy (non-hydrogen) atoms. The topological polar surface area (TPSA) is 67.4 Å². The second kappa shape index (κ2) is 6.31. The third kappa shape index (κ3) is 5.54. The minimum Gasteiger partial charge on any atom is -0.463 e. The largest absolute Gasteiger partial charge is 0.471 e. The number of esters is 1. The second-order valence-corrected chi connectivity index (χ2v) is 2.93. The Kier molecular flexibility index (Phi) is 5.79. The average Bonchev–Trinajstić information content (AvgIpc) is 2.20. The quantitative estimate of drug-likeness (QED) is 0.518. The molecule has 0 fully saturated rings. The first-order chi connectivity index (χ1) is 7.29. The molecule has 0 aliphatic carbocycles. The predicted molar refractivity (Wildman–Crippen MR) is 48.5 cm³/mol. The zero-order valence-electron chi connectivity index (χ0n) is 8.85. The lowest BCUT2D eigenvalue weighted by Gasteiger charge is -2.11. The van der Waals surface area contributed by atoms with Crippen LogP contribution in [0.4, 0.5) is 13.2 Å². The maximum Gasteiger partial charge on any atom is 0.471 e. The van der Waals surface area contributed by atoms with E-state index in [9.17, 15) is 22.8 Å². The third-order valence-electron chi connectivity index (χ3n) is 1.68. The van der Waals surface area contributed by atoms with Gasteiger partial charge in [-0.1, -0.05) is 0 Å². The van der Waals surface area contributed by atoms with E-state index in [4.69, 9.17) is 0 Å². The van der Waals surface area contributed by atoms with E-state index in [1.807, 2.05) is 0 Å². The molecule has 1 amide bonds. The highest BCUT2D eigenvalue weighted by molar-refractivity contribution is 5.81. The van der Waals surface area contributed by atoms with Gasteiger partial charge >= 0.3 is 18.1 Å². The Labute approximate surface area is 90.3 Å². The minimum absolute atomic E-state index is 0.299. The molecule has 0 aliphatic heterocycles. The van der Waals surface area contributed by atoms with Crippen LogP contribution in [0.3, 0.4) is 0 Å². The van der Waals surface area contributed by atoms with E-state index in [-0.39, 0.29) is 13.2 Å². The number of rotatable bonds is 5. The van der Waals surface area contributed by atoms with E-state index in [2.05, 4.69) is 10.1 Å². The van der Waals surface area contributed by atoms with Gasteiger partial charge < -0.3 is 15.4 Å². The molecular weight excluding hydrogens is 229 g/mol. The van der Waals surface area contributed by atoms with Crippen molar-refractivity contribution >= 4 is 11.9 Å². The molecule has 0 aliphatic rings. The summed E-state index contributed by atoms with van der Waals surface area (Å²) in [5.41, 5.74) is 0.